The summed E-state index contributed by atoms with van der Waals surface area (Å²) in [5, 5.41) is 59.6. The Morgan fingerprint density at radius 2 is 1.83 bits per heavy atom. The molecule has 3 heterocycles. The standard InChI is InChI=1S/C29H39NO12/c1-39-27(38)21-15-40-28(42-29-25(35)24(34)23(33)22(14-32)41-29)20(11-16-4-2-3-5-16)19(21)7-6-17-10-18(26(36)37)13-30(12-17)8-9-31/h6-7,10-11,13,15,19-20,22-25,28-29,31-35H,2-5,8-9,12,14H2,1H3,(H,36,37)/p+1. The summed E-state index contributed by atoms with van der Waals surface area (Å²) in [5.41, 5.74) is 2.05. The first-order chi connectivity index (χ1) is 20.2. The maximum atomic E-state index is 12.8. The molecule has 0 aromatic heterocycles. The van der Waals surface area contributed by atoms with E-state index >= 15 is 0 Å². The highest BCUT2D eigenvalue weighted by Crippen LogP contribution is 2.39. The third-order valence-corrected chi connectivity index (χ3v) is 7.96. The molecule has 9 unspecified atom stereocenters. The van der Waals surface area contributed by atoms with Gasteiger partial charge in [0.15, 0.2) is 6.29 Å². The number of rotatable bonds is 10. The number of carboxylic acids is 1. The first kappa shape index (κ1) is 32.0. The fourth-order valence-electron chi connectivity index (χ4n) is 5.69. The number of carboxylic acid groups (broad SMARTS) is 1. The average Bonchev–Trinajstić information content (AvgIpc) is 3.50. The van der Waals surface area contributed by atoms with Gasteiger partial charge in [-0.1, -0.05) is 23.8 Å². The summed E-state index contributed by atoms with van der Waals surface area (Å²) >= 11 is 0. The normalized spacial score (nSPS) is 35.2. The first-order valence-electron chi connectivity index (χ1n) is 14.1. The van der Waals surface area contributed by atoms with E-state index in [0.29, 0.717) is 18.7 Å². The number of allylic oxidation sites excluding steroid dienone is 2. The number of methoxy groups -OCH3 is 1. The van der Waals surface area contributed by atoms with Gasteiger partial charge in [0.25, 0.3) is 0 Å². The van der Waals surface area contributed by atoms with Crippen molar-refractivity contribution in [3.8, 4) is 0 Å². The summed E-state index contributed by atoms with van der Waals surface area (Å²) in [4.78, 5) is 25.3. The van der Waals surface area contributed by atoms with Crippen molar-refractivity contribution < 1.29 is 64.1 Å². The zero-order valence-corrected chi connectivity index (χ0v) is 23.4. The van der Waals surface area contributed by atoms with Crippen molar-refractivity contribution in [3.05, 3.63) is 59.1 Å². The smallest absolute Gasteiger partial charge is 0.341 e. The molecule has 4 aliphatic rings. The van der Waals surface area contributed by atoms with E-state index in [1.807, 2.05) is 6.08 Å². The zero-order valence-electron chi connectivity index (χ0n) is 23.4. The SMILES string of the molecule is COC(=O)C1=COC(OC2OC(CO)C(O)C(O)C2O)C(C=C2CCCC2)C1C=CC1=CC(C(=O)O)=C[NH+](CCO)C1. The van der Waals surface area contributed by atoms with Crippen LogP contribution in [0.1, 0.15) is 25.7 Å². The Morgan fingerprint density at radius 3 is 2.48 bits per heavy atom. The topological polar surface area (TPSA) is 197 Å². The van der Waals surface area contributed by atoms with Gasteiger partial charge in [-0.2, -0.15) is 0 Å². The number of quaternary nitrogens is 1. The summed E-state index contributed by atoms with van der Waals surface area (Å²) in [5.74, 6) is -3.05. The molecule has 4 rings (SSSR count). The van der Waals surface area contributed by atoms with E-state index in [1.54, 1.807) is 18.4 Å². The lowest BCUT2D eigenvalue weighted by atomic mass is 9.81. The van der Waals surface area contributed by atoms with Crippen LogP contribution in [0.2, 0.25) is 0 Å². The fourth-order valence-corrected chi connectivity index (χ4v) is 5.69. The molecule has 2 fully saturated rings. The minimum Gasteiger partial charge on any atom is -0.477 e. The van der Waals surface area contributed by atoms with Crippen molar-refractivity contribution in [2.24, 2.45) is 11.8 Å². The molecular weight excluding hydrogens is 554 g/mol. The van der Waals surface area contributed by atoms with Crippen molar-refractivity contribution >= 4 is 11.9 Å². The molecule has 7 N–H and O–H groups in total. The number of aliphatic hydroxyl groups is 5. The van der Waals surface area contributed by atoms with Crippen molar-refractivity contribution in [2.45, 2.75) is 62.7 Å². The monoisotopic (exact) mass is 594 g/mol. The van der Waals surface area contributed by atoms with Gasteiger partial charge in [0.2, 0.25) is 6.29 Å². The minimum absolute atomic E-state index is 0.0773. The van der Waals surface area contributed by atoms with Gasteiger partial charge in [0.1, 0.15) is 49.3 Å². The lowest BCUT2D eigenvalue weighted by Gasteiger charge is -2.42. The van der Waals surface area contributed by atoms with Crippen LogP contribution in [0.5, 0.6) is 0 Å². The third kappa shape index (κ3) is 7.36. The molecule has 1 saturated heterocycles. The van der Waals surface area contributed by atoms with Gasteiger partial charge in [0, 0.05) is 11.5 Å². The number of carbonyl (C=O) groups is 2. The summed E-state index contributed by atoms with van der Waals surface area (Å²) in [6, 6.07) is 0. The van der Waals surface area contributed by atoms with Crippen molar-refractivity contribution in [1.29, 1.82) is 0 Å². The van der Waals surface area contributed by atoms with Crippen molar-refractivity contribution in [2.75, 3.05) is 33.4 Å². The van der Waals surface area contributed by atoms with Gasteiger partial charge in [0.05, 0.1) is 38.1 Å². The number of aliphatic hydroxyl groups excluding tert-OH is 5. The van der Waals surface area contributed by atoms with Crippen LogP contribution in [0.15, 0.2) is 59.1 Å². The fraction of sp³-hybridized carbons (Fsp3) is 0.586. The van der Waals surface area contributed by atoms with E-state index in [1.165, 1.54) is 19.4 Å². The van der Waals surface area contributed by atoms with Gasteiger partial charge in [-0.3, -0.25) is 0 Å². The second-order valence-electron chi connectivity index (χ2n) is 10.8. The molecule has 0 radical (unpaired) electrons. The lowest BCUT2D eigenvalue weighted by molar-refractivity contribution is -0.842. The van der Waals surface area contributed by atoms with Gasteiger partial charge < -0.3 is 54.5 Å². The summed E-state index contributed by atoms with van der Waals surface area (Å²) in [6.07, 6.45) is 4.79. The van der Waals surface area contributed by atoms with Gasteiger partial charge >= 0.3 is 11.9 Å². The summed E-state index contributed by atoms with van der Waals surface area (Å²) < 4.78 is 22.4. The molecule has 0 aromatic carbocycles. The van der Waals surface area contributed by atoms with E-state index in [0.717, 1.165) is 36.2 Å². The Balaban J connectivity index is 1.69. The van der Waals surface area contributed by atoms with Crippen LogP contribution in [0.25, 0.3) is 0 Å². The Bertz CT molecular complexity index is 1130. The van der Waals surface area contributed by atoms with Gasteiger partial charge in [-0.05, 0) is 31.8 Å². The van der Waals surface area contributed by atoms with Crippen LogP contribution >= 0.6 is 0 Å². The molecule has 3 aliphatic heterocycles. The van der Waals surface area contributed by atoms with Crippen molar-refractivity contribution in [1.82, 2.24) is 0 Å². The van der Waals surface area contributed by atoms with Crippen LogP contribution in [-0.4, -0.2) is 113 Å². The zero-order chi connectivity index (χ0) is 30.4. The third-order valence-electron chi connectivity index (χ3n) is 7.96. The molecule has 0 aromatic rings. The van der Waals surface area contributed by atoms with E-state index in [2.05, 4.69) is 0 Å². The number of aliphatic carboxylic acids is 1. The molecule has 9 atom stereocenters. The minimum atomic E-state index is -1.65. The molecule has 0 spiro atoms. The predicted octanol–water partition coefficient (Wildman–Crippen LogP) is -1.71. The number of hydrogen-bond donors (Lipinski definition) is 7. The van der Waals surface area contributed by atoms with Gasteiger partial charge in [-0.15, -0.1) is 0 Å². The molecular formula is C29H40NO12+. The Hall–Kier alpha value is -2.88. The second kappa shape index (κ2) is 14.5. The van der Waals surface area contributed by atoms with Crippen LogP contribution in [0.4, 0.5) is 0 Å². The quantitative estimate of drug-likeness (QED) is 0.112. The lowest BCUT2D eigenvalue weighted by Crippen LogP contribution is -3.08. The van der Waals surface area contributed by atoms with Crippen LogP contribution < -0.4 is 4.90 Å². The maximum Gasteiger partial charge on any atom is 0.341 e. The van der Waals surface area contributed by atoms with E-state index in [-0.39, 0.29) is 17.8 Å². The Labute approximate surface area is 243 Å². The number of esters is 1. The number of carbonyl (C=O) groups excluding carboxylic acids is 1. The molecule has 0 bridgehead atoms. The van der Waals surface area contributed by atoms with Crippen LogP contribution in [0, 0.1) is 11.8 Å². The van der Waals surface area contributed by atoms with Gasteiger partial charge in [-0.25, -0.2) is 9.59 Å². The molecule has 1 saturated carbocycles. The highest BCUT2D eigenvalue weighted by molar-refractivity contribution is 5.90. The molecule has 13 nitrogen and oxygen atoms in total. The molecule has 0 amide bonds. The number of hydrogen-bond acceptors (Lipinski definition) is 11. The molecule has 42 heavy (non-hydrogen) atoms. The summed E-state index contributed by atoms with van der Waals surface area (Å²) in [7, 11) is 1.24. The number of nitrogens with one attached hydrogen (secondary N) is 1. The molecule has 1 aliphatic carbocycles. The van der Waals surface area contributed by atoms with Crippen molar-refractivity contribution in [3.63, 3.8) is 0 Å². The molecule has 13 heteroatoms. The number of ether oxygens (including phenoxy) is 4. The highest BCUT2D eigenvalue weighted by atomic mass is 16.8. The Kier molecular flexibility index (Phi) is 11.1. The van der Waals surface area contributed by atoms with E-state index in [9.17, 15) is 40.2 Å². The largest absolute Gasteiger partial charge is 0.477 e. The average molecular weight is 595 g/mol. The second-order valence-corrected chi connectivity index (χ2v) is 10.8. The first-order valence-corrected chi connectivity index (χ1v) is 14.1. The maximum absolute atomic E-state index is 12.8. The predicted molar refractivity (Wildman–Crippen MR) is 144 cm³/mol. The van der Waals surface area contributed by atoms with Crippen LogP contribution in [-0.2, 0) is 28.5 Å². The van der Waals surface area contributed by atoms with E-state index in [4.69, 9.17) is 18.9 Å². The van der Waals surface area contributed by atoms with Crippen LogP contribution in [0.3, 0.4) is 0 Å². The molecule has 232 valence electrons. The highest BCUT2D eigenvalue weighted by Gasteiger charge is 2.47. The Morgan fingerprint density at radius 1 is 1.10 bits per heavy atom. The summed E-state index contributed by atoms with van der Waals surface area (Å²) in [6.45, 7) is -0.0303. The van der Waals surface area contributed by atoms with E-state index < -0.39 is 67.4 Å².